The van der Waals surface area contributed by atoms with Gasteiger partial charge in [0.15, 0.2) is 0 Å². The number of aliphatic hydroxyl groups is 1. The van der Waals surface area contributed by atoms with Crippen molar-refractivity contribution in [3.63, 3.8) is 0 Å². The van der Waals surface area contributed by atoms with Crippen LogP contribution < -0.4 is 15.7 Å². The predicted octanol–water partition coefficient (Wildman–Crippen LogP) is 4.74. The first-order chi connectivity index (χ1) is 19.3. The van der Waals surface area contributed by atoms with Gasteiger partial charge in [0.25, 0.3) is 0 Å². The zero-order valence-electron chi connectivity index (χ0n) is 23.7. The molecule has 0 aliphatic carbocycles. The number of imidazole rings is 1. The molecule has 0 unspecified atom stereocenters. The molecule has 0 fully saturated rings. The average molecular weight is 554 g/mol. The Morgan fingerprint density at radius 2 is 1.88 bits per heavy atom. The van der Waals surface area contributed by atoms with Gasteiger partial charge in [-0.15, -0.1) is 0 Å². The molecule has 1 aromatic heterocycles. The predicted molar refractivity (Wildman–Crippen MR) is 154 cm³/mol. The molecule has 0 spiro atoms. The third-order valence-corrected chi connectivity index (χ3v) is 7.06. The molecule has 1 aliphatic heterocycles. The Labute approximate surface area is 236 Å². The molecule has 40 heavy (non-hydrogen) atoms. The van der Waals surface area contributed by atoms with Crippen LogP contribution in [0.4, 0.5) is 0 Å². The van der Waals surface area contributed by atoms with E-state index in [1.165, 1.54) is 10.8 Å². The van der Waals surface area contributed by atoms with Crippen LogP contribution in [0.5, 0.6) is 11.6 Å². The smallest absolute Gasteiger partial charge is 0.333 e. The normalized spacial score (nSPS) is 15.0. The molecular formula is C31H43N3O6. The maximum atomic E-state index is 11.9. The summed E-state index contributed by atoms with van der Waals surface area (Å²) in [6, 6.07) is 13.5. The molecule has 2 heterocycles. The number of aliphatic hydroxyl groups excluding tert-OH is 1. The van der Waals surface area contributed by atoms with Gasteiger partial charge in [-0.05, 0) is 74.0 Å². The zero-order valence-corrected chi connectivity index (χ0v) is 23.7. The van der Waals surface area contributed by atoms with E-state index in [0.717, 1.165) is 87.1 Å². The quantitative estimate of drug-likeness (QED) is 0.189. The first kappa shape index (κ1) is 29.9. The number of hydrogen-bond donors (Lipinski definition) is 4. The fraction of sp³-hybridized carbons (Fsp3) is 0.516. The number of aryl methyl sites for hydroxylation is 1. The van der Waals surface area contributed by atoms with Crippen LogP contribution in [0, 0.1) is 0 Å². The molecule has 9 heteroatoms. The lowest BCUT2D eigenvalue weighted by molar-refractivity contribution is -0.180. The van der Waals surface area contributed by atoms with Crippen molar-refractivity contribution in [1.82, 2.24) is 14.9 Å². The van der Waals surface area contributed by atoms with Gasteiger partial charge >= 0.3 is 5.69 Å². The summed E-state index contributed by atoms with van der Waals surface area (Å²) < 4.78 is 18.6. The number of H-pyrrole nitrogens is 1. The molecular weight excluding hydrogens is 510 g/mol. The number of aromatic amines is 1. The Bertz CT molecular complexity index is 1270. The lowest BCUT2D eigenvalue weighted by Crippen LogP contribution is -2.35. The number of hydrogen-bond acceptors (Lipinski definition) is 7. The van der Waals surface area contributed by atoms with Crippen LogP contribution in [0.1, 0.15) is 75.2 Å². The van der Waals surface area contributed by atoms with Crippen molar-refractivity contribution in [1.29, 1.82) is 0 Å². The molecule has 218 valence electrons. The monoisotopic (exact) mass is 553 g/mol. The van der Waals surface area contributed by atoms with Gasteiger partial charge in [0, 0.05) is 39.2 Å². The summed E-state index contributed by atoms with van der Waals surface area (Å²) in [4.78, 5) is 14.4. The number of unbranched alkanes of at least 4 members (excludes halogenated alkanes) is 4. The van der Waals surface area contributed by atoms with Crippen molar-refractivity contribution >= 4 is 0 Å². The van der Waals surface area contributed by atoms with Gasteiger partial charge in [0.1, 0.15) is 5.75 Å². The Morgan fingerprint density at radius 1 is 1.07 bits per heavy atom. The van der Waals surface area contributed by atoms with Crippen molar-refractivity contribution < 1.29 is 24.4 Å². The molecule has 4 rings (SSSR count). The van der Waals surface area contributed by atoms with Crippen LogP contribution in [0.2, 0.25) is 0 Å². The van der Waals surface area contributed by atoms with Gasteiger partial charge in [-0.2, -0.15) is 0 Å². The molecule has 0 saturated heterocycles. The second-order valence-electron chi connectivity index (χ2n) is 10.8. The summed E-state index contributed by atoms with van der Waals surface area (Å²) in [5.74, 6) is 0.112. The summed E-state index contributed by atoms with van der Waals surface area (Å²) in [6.45, 7) is 7.20. The van der Waals surface area contributed by atoms with E-state index in [-0.39, 0.29) is 11.6 Å². The van der Waals surface area contributed by atoms with Crippen LogP contribution in [0.3, 0.4) is 0 Å². The molecule has 3 aromatic rings. The van der Waals surface area contributed by atoms with Crippen LogP contribution in [0.25, 0.3) is 5.69 Å². The summed E-state index contributed by atoms with van der Waals surface area (Å²) in [7, 11) is 0. The minimum absolute atomic E-state index is 0.0942. The van der Waals surface area contributed by atoms with Gasteiger partial charge in [-0.3, -0.25) is 0 Å². The number of nitrogens with one attached hydrogen (secondary N) is 2. The van der Waals surface area contributed by atoms with Crippen molar-refractivity contribution in [2.45, 2.75) is 77.3 Å². The average Bonchev–Trinajstić information content (AvgIpc) is 3.28. The van der Waals surface area contributed by atoms with E-state index >= 15 is 0 Å². The Kier molecular flexibility index (Phi) is 10.8. The first-order valence-corrected chi connectivity index (χ1v) is 14.3. The largest absolute Gasteiger partial charge is 0.493 e. The van der Waals surface area contributed by atoms with Gasteiger partial charge in [-0.1, -0.05) is 31.0 Å². The van der Waals surface area contributed by atoms with Crippen LogP contribution in [-0.2, 0) is 22.5 Å². The molecule has 9 nitrogen and oxygen atoms in total. The summed E-state index contributed by atoms with van der Waals surface area (Å²) >= 11 is 0. The van der Waals surface area contributed by atoms with Gasteiger partial charge < -0.3 is 34.7 Å². The molecule has 2 aromatic carbocycles. The summed E-state index contributed by atoms with van der Waals surface area (Å²) in [5, 5.41) is 23.8. The van der Waals surface area contributed by atoms with Gasteiger partial charge in [0.2, 0.25) is 11.7 Å². The van der Waals surface area contributed by atoms with E-state index in [1.54, 1.807) is 0 Å². The minimum Gasteiger partial charge on any atom is -0.493 e. The molecule has 4 N–H and O–H groups in total. The van der Waals surface area contributed by atoms with E-state index in [2.05, 4.69) is 10.3 Å². The maximum absolute atomic E-state index is 11.9. The third kappa shape index (κ3) is 8.69. The first-order valence-electron chi connectivity index (χ1n) is 14.3. The highest BCUT2D eigenvalue weighted by Gasteiger charge is 2.27. The number of ether oxygens (including phenoxy) is 3. The van der Waals surface area contributed by atoms with Crippen LogP contribution >= 0.6 is 0 Å². The second-order valence-corrected chi connectivity index (χ2v) is 10.8. The molecule has 1 aliphatic rings. The summed E-state index contributed by atoms with van der Waals surface area (Å²) in [5.41, 5.74) is 3.28. The minimum atomic E-state index is -0.614. The zero-order chi connectivity index (χ0) is 28.4. The lowest BCUT2D eigenvalue weighted by Gasteiger charge is -2.33. The topological polar surface area (TPSA) is 118 Å². The number of nitrogens with zero attached hydrogens (tertiary/aromatic N) is 1. The molecule has 0 bridgehead atoms. The van der Waals surface area contributed by atoms with Crippen LogP contribution in [-0.4, -0.2) is 51.9 Å². The Hall–Kier alpha value is -3.11. The van der Waals surface area contributed by atoms with E-state index in [4.69, 9.17) is 14.2 Å². The van der Waals surface area contributed by atoms with E-state index in [1.807, 2.05) is 56.3 Å². The standard InChI is InChI=1S/C31H43N3O6/c1-31(2)39-22-25-19-24(13-14-28(25)40-31)27(35)20-32-15-6-3-4-7-16-38-17-8-5-10-23-11-9-12-26(18-23)34-29(36)21-33-30(34)37/h9,11-14,18-19,21,27,32,35-36H,3-8,10,15-17,20,22H2,1-2H3,(H,33,37)/t27-/m0/s1. The number of aromatic nitrogens is 2. The Morgan fingerprint density at radius 3 is 2.67 bits per heavy atom. The highest BCUT2D eigenvalue weighted by atomic mass is 16.7. The molecule has 1 atom stereocenters. The fourth-order valence-corrected chi connectivity index (χ4v) is 4.82. The molecule has 0 radical (unpaired) electrons. The number of fused-ring (bicyclic) bond motifs is 1. The van der Waals surface area contributed by atoms with Crippen molar-refractivity contribution in [3.8, 4) is 17.3 Å². The molecule has 0 amide bonds. The number of aromatic hydroxyl groups is 1. The third-order valence-electron chi connectivity index (χ3n) is 7.06. The van der Waals surface area contributed by atoms with E-state index < -0.39 is 11.9 Å². The fourth-order valence-electron chi connectivity index (χ4n) is 4.82. The van der Waals surface area contributed by atoms with Crippen molar-refractivity contribution in [2.75, 3.05) is 26.3 Å². The number of benzene rings is 2. The van der Waals surface area contributed by atoms with Gasteiger partial charge in [-0.25, -0.2) is 9.36 Å². The van der Waals surface area contributed by atoms with Crippen molar-refractivity contribution in [3.05, 3.63) is 75.8 Å². The second kappa shape index (κ2) is 14.5. The highest BCUT2D eigenvalue weighted by Crippen LogP contribution is 2.32. The molecule has 0 saturated carbocycles. The number of rotatable bonds is 16. The highest BCUT2D eigenvalue weighted by molar-refractivity contribution is 5.39. The van der Waals surface area contributed by atoms with E-state index in [0.29, 0.717) is 18.8 Å². The SMILES string of the molecule is CC1(C)OCc2cc([C@@H](O)CNCCCCCCOCCCCc3cccc(-n4c(O)c[nH]c4=O)c3)ccc2O1. The maximum Gasteiger partial charge on any atom is 0.333 e. The van der Waals surface area contributed by atoms with Crippen LogP contribution in [0.15, 0.2) is 53.5 Å². The lowest BCUT2D eigenvalue weighted by atomic mass is 10.0. The van der Waals surface area contributed by atoms with Crippen molar-refractivity contribution in [2.24, 2.45) is 0 Å². The Balaban J connectivity index is 0.990. The summed E-state index contributed by atoms with van der Waals surface area (Å²) in [6.07, 6.45) is 7.99. The van der Waals surface area contributed by atoms with E-state index in [9.17, 15) is 15.0 Å². The van der Waals surface area contributed by atoms with Gasteiger partial charge in [0.05, 0.1) is 24.6 Å².